The second kappa shape index (κ2) is 8.38. The number of nitrogens with zero attached hydrogens (tertiary/aromatic N) is 1. The highest BCUT2D eigenvalue weighted by atomic mass is 79.9. The van der Waals surface area contributed by atoms with Gasteiger partial charge in [0.05, 0.1) is 5.69 Å². The highest BCUT2D eigenvalue weighted by Gasteiger charge is 2.13. The topological polar surface area (TPSA) is 59.1 Å². The molecule has 3 rings (SSSR count). The van der Waals surface area contributed by atoms with Crippen LogP contribution in [0.25, 0.3) is 11.3 Å². The van der Waals surface area contributed by atoms with Gasteiger partial charge < -0.3 is 5.32 Å². The molecule has 0 radical (unpaired) electrons. The van der Waals surface area contributed by atoms with E-state index < -0.39 is 0 Å². The van der Waals surface area contributed by atoms with Gasteiger partial charge in [0.1, 0.15) is 0 Å². The van der Waals surface area contributed by atoms with Crippen LogP contribution in [0.2, 0.25) is 0 Å². The van der Waals surface area contributed by atoms with Gasteiger partial charge in [0.15, 0.2) is 10.9 Å². The Hall–Kier alpha value is -2.31. The van der Waals surface area contributed by atoms with Gasteiger partial charge in [-0.05, 0) is 19.1 Å². The molecule has 6 heteroatoms. The van der Waals surface area contributed by atoms with Gasteiger partial charge in [-0.25, -0.2) is 4.98 Å². The van der Waals surface area contributed by atoms with Crippen molar-refractivity contribution in [2.45, 2.75) is 19.8 Å². The van der Waals surface area contributed by atoms with Crippen molar-refractivity contribution in [1.82, 2.24) is 4.98 Å². The van der Waals surface area contributed by atoms with E-state index in [1.165, 1.54) is 11.3 Å². The van der Waals surface area contributed by atoms with Crippen molar-refractivity contribution >= 4 is 44.1 Å². The van der Waals surface area contributed by atoms with E-state index in [4.69, 9.17) is 0 Å². The molecule has 0 fully saturated rings. The Morgan fingerprint density at radius 1 is 1.04 bits per heavy atom. The molecule has 132 valence electrons. The second-order valence-corrected chi connectivity index (χ2v) is 7.89. The van der Waals surface area contributed by atoms with Crippen molar-refractivity contribution in [3.8, 4) is 11.3 Å². The first-order valence-corrected chi connectivity index (χ1v) is 9.75. The lowest BCUT2D eigenvalue weighted by atomic mass is 10.1. The van der Waals surface area contributed by atoms with Crippen LogP contribution in [-0.4, -0.2) is 16.7 Å². The van der Waals surface area contributed by atoms with E-state index in [1.807, 2.05) is 49.4 Å². The maximum Gasteiger partial charge on any atom is 0.226 e. The number of hydrogen-bond donors (Lipinski definition) is 1. The van der Waals surface area contributed by atoms with Crippen molar-refractivity contribution in [1.29, 1.82) is 0 Å². The number of carbonyl (C=O) groups is 2. The number of amides is 1. The van der Waals surface area contributed by atoms with E-state index in [9.17, 15) is 9.59 Å². The largest absolute Gasteiger partial charge is 0.302 e. The third-order valence-electron chi connectivity index (χ3n) is 3.84. The number of anilines is 1. The standard InChI is InChI=1S/C20H17BrN2O2S/c1-13-19(15-7-9-16(21)10-8-15)23-20(26-13)22-18(25)12-11-17(24)14-5-3-2-4-6-14/h2-10H,11-12H2,1H3,(H,22,23,25). The summed E-state index contributed by atoms with van der Waals surface area (Å²) in [6.07, 6.45) is 0.319. The summed E-state index contributed by atoms with van der Waals surface area (Å²) in [5.41, 5.74) is 2.49. The maximum atomic E-state index is 12.1. The number of nitrogens with one attached hydrogen (secondary N) is 1. The van der Waals surface area contributed by atoms with Gasteiger partial charge in [-0.15, -0.1) is 11.3 Å². The monoisotopic (exact) mass is 428 g/mol. The van der Waals surface area contributed by atoms with Crippen LogP contribution in [0.5, 0.6) is 0 Å². The Morgan fingerprint density at radius 3 is 2.42 bits per heavy atom. The van der Waals surface area contributed by atoms with Crippen molar-refractivity contribution in [2.75, 3.05) is 5.32 Å². The van der Waals surface area contributed by atoms with Gasteiger partial charge >= 0.3 is 0 Å². The van der Waals surface area contributed by atoms with Gasteiger partial charge in [0.25, 0.3) is 0 Å². The molecule has 0 unspecified atom stereocenters. The number of carbonyl (C=O) groups excluding carboxylic acids is 2. The fourth-order valence-electron chi connectivity index (χ4n) is 2.50. The smallest absolute Gasteiger partial charge is 0.226 e. The van der Waals surface area contributed by atoms with E-state index >= 15 is 0 Å². The van der Waals surface area contributed by atoms with E-state index in [1.54, 1.807) is 12.1 Å². The molecule has 1 N–H and O–H groups in total. The van der Waals surface area contributed by atoms with Crippen LogP contribution in [0.4, 0.5) is 5.13 Å². The first-order valence-electron chi connectivity index (χ1n) is 8.14. The number of rotatable bonds is 6. The first kappa shape index (κ1) is 18.5. The molecule has 3 aromatic rings. The summed E-state index contributed by atoms with van der Waals surface area (Å²) >= 11 is 4.85. The Labute approximate surface area is 164 Å². The van der Waals surface area contributed by atoms with Crippen LogP contribution in [0.1, 0.15) is 28.1 Å². The van der Waals surface area contributed by atoms with Crippen molar-refractivity contribution in [3.63, 3.8) is 0 Å². The van der Waals surface area contributed by atoms with Crippen LogP contribution in [-0.2, 0) is 4.79 Å². The molecule has 0 aliphatic rings. The van der Waals surface area contributed by atoms with Gasteiger partial charge in [-0.2, -0.15) is 0 Å². The van der Waals surface area contributed by atoms with Crippen LogP contribution >= 0.6 is 27.3 Å². The lowest BCUT2D eigenvalue weighted by Gasteiger charge is -2.02. The summed E-state index contributed by atoms with van der Waals surface area (Å²) in [4.78, 5) is 29.8. The summed E-state index contributed by atoms with van der Waals surface area (Å²) in [5.74, 6) is -0.239. The van der Waals surface area contributed by atoms with E-state index in [-0.39, 0.29) is 24.5 Å². The number of aryl methyl sites for hydroxylation is 1. The molecular weight excluding hydrogens is 412 g/mol. The molecule has 0 saturated carbocycles. The van der Waals surface area contributed by atoms with Crippen molar-refractivity contribution in [2.24, 2.45) is 0 Å². The molecule has 1 amide bonds. The van der Waals surface area contributed by atoms with Crippen LogP contribution in [0.3, 0.4) is 0 Å². The summed E-state index contributed by atoms with van der Waals surface area (Å²) in [5, 5.41) is 3.35. The minimum atomic E-state index is -0.203. The number of benzene rings is 2. The molecule has 0 aliphatic heterocycles. The Balaban J connectivity index is 1.60. The second-order valence-electron chi connectivity index (χ2n) is 5.77. The van der Waals surface area contributed by atoms with Crippen LogP contribution in [0.15, 0.2) is 59.1 Å². The first-order chi connectivity index (χ1) is 12.5. The van der Waals surface area contributed by atoms with E-state index in [2.05, 4.69) is 26.2 Å². The predicted octanol–water partition coefficient (Wildman–Crippen LogP) is 5.48. The highest BCUT2D eigenvalue weighted by molar-refractivity contribution is 9.10. The van der Waals surface area contributed by atoms with Crippen LogP contribution in [0, 0.1) is 6.92 Å². The zero-order valence-corrected chi connectivity index (χ0v) is 16.6. The molecular formula is C20H17BrN2O2S. The highest BCUT2D eigenvalue weighted by Crippen LogP contribution is 2.31. The number of aromatic nitrogens is 1. The van der Waals surface area contributed by atoms with Crippen LogP contribution < -0.4 is 5.32 Å². The average molecular weight is 429 g/mol. The molecule has 0 atom stereocenters. The van der Waals surface area contributed by atoms with Gasteiger partial charge in [-0.1, -0.05) is 58.4 Å². The molecule has 2 aromatic carbocycles. The molecule has 1 aromatic heterocycles. The molecule has 1 heterocycles. The zero-order valence-electron chi connectivity index (χ0n) is 14.2. The molecule has 0 bridgehead atoms. The Kier molecular flexibility index (Phi) is 5.96. The third-order valence-corrected chi connectivity index (χ3v) is 5.25. The number of ketones is 1. The predicted molar refractivity (Wildman–Crippen MR) is 109 cm³/mol. The number of halogens is 1. The van der Waals surface area contributed by atoms with Gasteiger partial charge in [-0.3, -0.25) is 9.59 Å². The van der Waals surface area contributed by atoms with Gasteiger partial charge in [0.2, 0.25) is 5.91 Å². The fourth-order valence-corrected chi connectivity index (χ4v) is 3.62. The van der Waals surface area contributed by atoms with E-state index in [0.717, 1.165) is 20.6 Å². The molecule has 4 nitrogen and oxygen atoms in total. The minimum absolute atomic E-state index is 0.0355. The Bertz CT molecular complexity index is 921. The lowest BCUT2D eigenvalue weighted by molar-refractivity contribution is -0.116. The Morgan fingerprint density at radius 2 is 1.73 bits per heavy atom. The molecule has 0 saturated heterocycles. The summed E-state index contributed by atoms with van der Waals surface area (Å²) < 4.78 is 1.01. The molecule has 0 aliphatic carbocycles. The quantitative estimate of drug-likeness (QED) is 0.528. The van der Waals surface area contributed by atoms with Gasteiger partial charge in [0, 0.05) is 33.3 Å². The number of thiazole rings is 1. The summed E-state index contributed by atoms with van der Waals surface area (Å²) in [6, 6.07) is 16.9. The fraction of sp³-hybridized carbons (Fsp3) is 0.150. The third kappa shape index (κ3) is 4.65. The summed E-state index contributed by atoms with van der Waals surface area (Å²) in [6.45, 7) is 1.98. The lowest BCUT2D eigenvalue weighted by Crippen LogP contribution is -2.13. The SMILES string of the molecule is Cc1sc(NC(=O)CCC(=O)c2ccccc2)nc1-c1ccc(Br)cc1. The van der Waals surface area contributed by atoms with E-state index in [0.29, 0.717) is 10.7 Å². The zero-order chi connectivity index (χ0) is 18.5. The number of hydrogen-bond acceptors (Lipinski definition) is 4. The average Bonchev–Trinajstić information content (AvgIpc) is 3.01. The molecule has 0 spiro atoms. The number of Topliss-reactive ketones (excluding diaryl/α,β-unsaturated/α-hetero) is 1. The normalized spacial score (nSPS) is 10.5. The maximum absolute atomic E-state index is 12.1. The van der Waals surface area contributed by atoms with Crippen molar-refractivity contribution in [3.05, 3.63) is 69.5 Å². The minimum Gasteiger partial charge on any atom is -0.302 e. The van der Waals surface area contributed by atoms with Crippen molar-refractivity contribution < 1.29 is 9.59 Å². The molecule has 26 heavy (non-hydrogen) atoms. The summed E-state index contributed by atoms with van der Waals surface area (Å²) in [7, 11) is 0.